The van der Waals surface area contributed by atoms with Gasteiger partial charge in [0.1, 0.15) is 6.04 Å². The summed E-state index contributed by atoms with van der Waals surface area (Å²) in [5.74, 6) is -0.472. The maximum atomic E-state index is 11.7. The van der Waals surface area contributed by atoms with Gasteiger partial charge in [0.25, 0.3) is 0 Å². The van der Waals surface area contributed by atoms with Gasteiger partial charge in [0.2, 0.25) is 11.8 Å². The van der Waals surface area contributed by atoms with Gasteiger partial charge in [0.05, 0.1) is 5.52 Å². The predicted molar refractivity (Wildman–Crippen MR) is 71.5 cm³/mol. The standard InChI is InChI=1S/C14H13N3O2/c18-13-6-5-11(14(19)17-13)16-10-4-3-9-2-1-7-15-12(9)8-10/h1-4,7-8,11,16H,5-6H2,(H,17,18,19). The van der Waals surface area contributed by atoms with Crippen LogP contribution in [0, 0.1) is 0 Å². The minimum absolute atomic E-state index is 0.205. The Balaban J connectivity index is 1.81. The number of rotatable bonds is 2. The molecule has 1 aromatic carbocycles. The summed E-state index contributed by atoms with van der Waals surface area (Å²) in [5.41, 5.74) is 1.71. The van der Waals surface area contributed by atoms with Crippen molar-refractivity contribution in [1.29, 1.82) is 0 Å². The van der Waals surface area contributed by atoms with Crippen LogP contribution in [0.4, 0.5) is 5.69 Å². The Morgan fingerprint density at radius 3 is 3.00 bits per heavy atom. The van der Waals surface area contributed by atoms with Crippen molar-refractivity contribution in [3.63, 3.8) is 0 Å². The van der Waals surface area contributed by atoms with E-state index in [0.29, 0.717) is 12.8 Å². The van der Waals surface area contributed by atoms with Crippen LogP contribution in [0.15, 0.2) is 36.5 Å². The molecule has 0 bridgehead atoms. The molecule has 2 aromatic rings. The smallest absolute Gasteiger partial charge is 0.249 e. The third-order valence-corrected chi connectivity index (χ3v) is 3.19. The summed E-state index contributed by atoms with van der Waals surface area (Å²) in [6, 6.07) is 9.27. The molecule has 1 unspecified atom stereocenters. The average Bonchev–Trinajstić information content (AvgIpc) is 2.42. The van der Waals surface area contributed by atoms with Gasteiger partial charge in [0.15, 0.2) is 0 Å². The number of carbonyl (C=O) groups excluding carboxylic acids is 2. The molecule has 3 rings (SSSR count). The number of aromatic nitrogens is 1. The quantitative estimate of drug-likeness (QED) is 0.797. The SMILES string of the molecule is O=C1CCC(Nc2ccc3cccnc3c2)C(=O)N1. The number of benzene rings is 1. The Bertz CT molecular complexity index is 654. The lowest BCUT2D eigenvalue weighted by molar-refractivity contribution is -0.133. The van der Waals surface area contributed by atoms with Gasteiger partial charge in [-0.15, -0.1) is 0 Å². The Kier molecular flexibility index (Phi) is 2.87. The van der Waals surface area contributed by atoms with Crippen molar-refractivity contribution in [2.75, 3.05) is 5.32 Å². The van der Waals surface area contributed by atoms with E-state index in [-0.39, 0.29) is 17.9 Å². The number of carbonyl (C=O) groups is 2. The molecule has 1 aliphatic heterocycles. The van der Waals surface area contributed by atoms with Gasteiger partial charge >= 0.3 is 0 Å². The number of piperidine rings is 1. The summed E-state index contributed by atoms with van der Waals surface area (Å²) < 4.78 is 0. The van der Waals surface area contributed by atoms with Crippen molar-refractivity contribution >= 4 is 28.4 Å². The van der Waals surface area contributed by atoms with Crippen LogP contribution in [-0.2, 0) is 9.59 Å². The summed E-state index contributed by atoms with van der Waals surface area (Å²) in [5, 5.41) is 6.52. The molecule has 96 valence electrons. The van der Waals surface area contributed by atoms with Crippen LogP contribution in [-0.4, -0.2) is 22.8 Å². The van der Waals surface area contributed by atoms with E-state index < -0.39 is 0 Å². The van der Waals surface area contributed by atoms with Crippen molar-refractivity contribution in [1.82, 2.24) is 10.3 Å². The second-order valence-corrected chi connectivity index (χ2v) is 4.56. The molecule has 2 heterocycles. The molecular formula is C14H13N3O2. The lowest BCUT2D eigenvalue weighted by Crippen LogP contribution is -2.47. The monoisotopic (exact) mass is 255 g/mol. The van der Waals surface area contributed by atoms with Crippen LogP contribution < -0.4 is 10.6 Å². The molecule has 1 atom stereocenters. The predicted octanol–water partition coefficient (Wildman–Crippen LogP) is 1.45. The van der Waals surface area contributed by atoms with Crippen molar-refractivity contribution in [3.8, 4) is 0 Å². The number of pyridine rings is 1. The number of nitrogens with zero attached hydrogens (tertiary/aromatic N) is 1. The fraction of sp³-hybridized carbons (Fsp3) is 0.214. The minimum atomic E-state index is -0.362. The largest absolute Gasteiger partial charge is 0.374 e. The third kappa shape index (κ3) is 2.40. The molecule has 0 aliphatic carbocycles. The van der Waals surface area contributed by atoms with Gasteiger partial charge in [-0.25, -0.2) is 0 Å². The molecule has 0 spiro atoms. The van der Waals surface area contributed by atoms with E-state index in [1.807, 2.05) is 30.3 Å². The van der Waals surface area contributed by atoms with E-state index in [1.54, 1.807) is 6.20 Å². The Morgan fingerprint density at radius 1 is 1.26 bits per heavy atom. The van der Waals surface area contributed by atoms with Crippen LogP contribution >= 0.6 is 0 Å². The lowest BCUT2D eigenvalue weighted by atomic mass is 10.1. The summed E-state index contributed by atoms with van der Waals surface area (Å²) in [7, 11) is 0. The third-order valence-electron chi connectivity index (χ3n) is 3.19. The summed E-state index contributed by atoms with van der Waals surface area (Å²) >= 11 is 0. The molecular weight excluding hydrogens is 242 g/mol. The van der Waals surface area contributed by atoms with Crippen LogP contribution in [0.25, 0.3) is 10.9 Å². The maximum Gasteiger partial charge on any atom is 0.249 e. The highest BCUT2D eigenvalue weighted by Crippen LogP contribution is 2.19. The van der Waals surface area contributed by atoms with E-state index in [1.165, 1.54) is 0 Å². The van der Waals surface area contributed by atoms with Crippen LogP contribution in [0.3, 0.4) is 0 Å². The van der Waals surface area contributed by atoms with E-state index in [0.717, 1.165) is 16.6 Å². The first-order chi connectivity index (χ1) is 9.22. The maximum absolute atomic E-state index is 11.7. The minimum Gasteiger partial charge on any atom is -0.374 e. The molecule has 0 saturated carbocycles. The van der Waals surface area contributed by atoms with Gasteiger partial charge in [-0.3, -0.25) is 19.9 Å². The van der Waals surface area contributed by atoms with Gasteiger partial charge in [-0.1, -0.05) is 12.1 Å². The fourth-order valence-electron chi connectivity index (χ4n) is 2.19. The van der Waals surface area contributed by atoms with E-state index >= 15 is 0 Å². The van der Waals surface area contributed by atoms with Crippen LogP contribution in [0.5, 0.6) is 0 Å². The highest BCUT2D eigenvalue weighted by atomic mass is 16.2. The first-order valence-electron chi connectivity index (χ1n) is 6.17. The Morgan fingerprint density at radius 2 is 2.16 bits per heavy atom. The normalized spacial score (nSPS) is 19.3. The molecule has 1 aromatic heterocycles. The number of fused-ring (bicyclic) bond motifs is 1. The van der Waals surface area contributed by atoms with Crippen LogP contribution in [0.2, 0.25) is 0 Å². The molecule has 2 N–H and O–H groups in total. The van der Waals surface area contributed by atoms with Gasteiger partial charge in [0, 0.05) is 23.7 Å². The van der Waals surface area contributed by atoms with E-state index in [2.05, 4.69) is 15.6 Å². The Hall–Kier alpha value is -2.43. The van der Waals surface area contributed by atoms with Crippen molar-refractivity contribution in [3.05, 3.63) is 36.5 Å². The number of imide groups is 1. The number of hydrogen-bond acceptors (Lipinski definition) is 4. The summed E-state index contributed by atoms with van der Waals surface area (Å²) in [4.78, 5) is 27.0. The van der Waals surface area contributed by atoms with Crippen LogP contribution in [0.1, 0.15) is 12.8 Å². The Labute approximate surface area is 110 Å². The molecule has 1 aliphatic rings. The highest BCUT2D eigenvalue weighted by molar-refractivity contribution is 6.01. The van der Waals surface area contributed by atoms with E-state index in [9.17, 15) is 9.59 Å². The highest BCUT2D eigenvalue weighted by Gasteiger charge is 2.26. The summed E-state index contributed by atoms with van der Waals surface area (Å²) in [6.07, 6.45) is 2.62. The van der Waals surface area contributed by atoms with Gasteiger partial charge in [-0.05, 0) is 24.6 Å². The second-order valence-electron chi connectivity index (χ2n) is 4.56. The molecule has 1 fully saturated rings. The topological polar surface area (TPSA) is 71.1 Å². The number of nitrogens with one attached hydrogen (secondary N) is 2. The molecule has 2 amide bonds. The average molecular weight is 255 g/mol. The van der Waals surface area contributed by atoms with E-state index in [4.69, 9.17) is 0 Å². The lowest BCUT2D eigenvalue weighted by Gasteiger charge is -2.22. The fourth-order valence-corrected chi connectivity index (χ4v) is 2.19. The zero-order chi connectivity index (χ0) is 13.2. The van der Waals surface area contributed by atoms with Gasteiger partial charge in [-0.2, -0.15) is 0 Å². The summed E-state index contributed by atoms with van der Waals surface area (Å²) in [6.45, 7) is 0. The van der Waals surface area contributed by atoms with Crippen molar-refractivity contribution in [2.45, 2.75) is 18.9 Å². The molecule has 19 heavy (non-hydrogen) atoms. The first-order valence-corrected chi connectivity index (χ1v) is 6.17. The second kappa shape index (κ2) is 4.68. The van der Waals surface area contributed by atoms with Crippen molar-refractivity contribution in [2.24, 2.45) is 0 Å². The number of hydrogen-bond donors (Lipinski definition) is 2. The number of amides is 2. The van der Waals surface area contributed by atoms with Crippen molar-refractivity contribution < 1.29 is 9.59 Å². The first kappa shape index (κ1) is 11.6. The van der Waals surface area contributed by atoms with Gasteiger partial charge < -0.3 is 5.32 Å². The number of anilines is 1. The molecule has 0 radical (unpaired) electrons. The zero-order valence-corrected chi connectivity index (χ0v) is 10.2. The molecule has 5 heteroatoms. The molecule has 5 nitrogen and oxygen atoms in total. The molecule has 1 saturated heterocycles. The zero-order valence-electron chi connectivity index (χ0n) is 10.2.